The minimum Gasteiger partial charge on any atom is -0.394 e. The average Bonchev–Trinajstić information content (AvgIpc) is 2.73. The number of rotatable bonds is 3. The van der Waals surface area contributed by atoms with Crippen LogP contribution in [0.1, 0.15) is 71.6 Å². The molecule has 0 aliphatic heterocycles. The maximum Gasteiger partial charge on any atom is 0.0613 e. The highest BCUT2D eigenvalue weighted by Crippen LogP contribution is 2.38. The molecular formula is C15H29NO. The maximum absolute atomic E-state index is 9.83. The van der Waals surface area contributed by atoms with Crippen LogP contribution in [-0.4, -0.2) is 23.3 Å². The van der Waals surface area contributed by atoms with Gasteiger partial charge >= 0.3 is 0 Å². The minimum absolute atomic E-state index is 0.0305. The van der Waals surface area contributed by atoms with E-state index in [-0.39, 0.29) is 5.54 Å². The van der Waals surface area contributed by atoms with E-state index in [0.29, 0.717) is 18.1 Å². The predicted octanol–water partition coefficient (Wildman–Crippen LogP) is 3.24. The van der Waals surface area contributed by atoms with Crippen molar-refractivity contribution in [3.05, 3.63) is 0 Å². The van der Waals surface area contributed by atoms with Gasteiger partial charge in [-0.3, -0.25) is 0 Å². The molecule has 2 aliphatic carbocycles. The van der Waals surface area contributed by atoms with Crippen molar-refractivity contribution in [1.29, 1.82) is 0 Å². The molecule has 1 atom stereocenters. The normalized spacial score (nSPS) is 34.8. The fourth-order valence-electron chi connectivity index (χ4n) is 3.58. The Balaban J connectivity index is 1.97. The molecule has 0 radical (unpaired) electrons. The summed E-state index contributed by atoms with van der Waals surface area (Å²) in [6, 6.07) is 0.670. The molecule has 0 saturated heterocycles. The largest absolute Gasteiger partial charge is 0.394 e. The second-order valence-electron chi connectivity index (χ2n) is 7.08. The lowest BCUT2D eigenvalue weighted by molar-refractivity contribution is 0.127. The van der Waals surface area contributed by atoms with Crippen LogP contribution in [0, 0.1) is 5.41 Å². The van der Waals surface area contributed by atoms with Crippen molar-refractivity contribution in [2.75, 3.05) is 6.61 Å². The van der Waals surface area contributed by atoms with E-state index < -0.39 is 0 Å². The first kappa shape index (κ1) is 13.4. The summed E-state index contributed by atoms with van der Waals surface area (Å²) in [6.45, 7) is 5.06. The summed E-state index contributed by atoms with van der Waals surface area (Å²) in [5.74, 6) is 0. The Labute approximate surface area is 106 Å². The first-order valence-electron chi connectivity index (χ1n) is 7.44. The molecule has 2 aliphatic rings. The third kappa shape index (κ3) is 3.45. The van der Waals surface area contributed by atoms with Crippen LogP contribution >= 0.6 is 0 Å². The zero-order valence-corrected chi connectivity index (χ0v) is 11.6. The third-order valence-electron chi connectivity index (χ3n) is 4.96. The Hall–Kier alpha value is -0.0800. The fraction of sp³-hybridized carbons (Fsp3) is 1.00. The highest BCUT2D eigenvalue weighted by Gasteiger charge is 2.36. The van der Waals surface area contributed by atoms with Gasteiger partial charge in [-0.15, -0.1) is 0 Å². The summed E-state index contributed by atoms with van der Waals surface area (Å²) in [5.41, 5.74) is 0.497. The van der Waals surface area contributed by atoms with E-state index in [1.807, 2.05) is 0 Å². The predicted molar refractivity (Wildman–Crippen MR) is 72.1 cm³/mol. The van der Waals surface area contributed by atoms with Gasteiger partial charge in [0.15, 0.2) is 0 Å². The van der Waals surface area contributed by atoms with Gasteiger partial charge in [0.2, 0.25) is 0 Å². The monoisotopic (exact) mass is 239 g/mol. The molecule has 1 unspecified atom stereocenters. The summed E-state index contributed by atoms with van der Waals surface area (Å²) >= 11 is 0. The molecule has 0 amide bonds. The van der Waals surface area contributed by atoms with E-state index in [1.165, 1.54) is 44.9 Å². The highest BCUT2D eigenvalue weighted by atomic mass is 16.3. The molecule has 2 fully saturated rings. The van der Waals surface area contributed by atoms with Crippen molar-refractivity contribution >= 4 is 0 Å². The Bertz CT molecular complexity index is 245. The van der Waals surface area contributed by atoms with Gasteiger partial charge < -0.3 is 10.4 Å². The molecule has 0 bridgehead atoms. The van der Waals surface area contributed by atoms with Gasteiger partial charge in [-0.25, -0.2) is 0 Å². The number of hydrogen-bond acceptors (Lipinski definition) is 2. The van der Waals surface area contributed by atoms with E-state index >= 15 is 0 Å². The van der Waals surface area contributed by atoms with Crippen molar-refractivity contribution in [3.8, 4) is 0 Å². The zero-order valence-electron chi connectivity index (χ0n) is 11.6. The van der Waals surface area contributed by atoms with Crippen LogP contribution in [0.5, 0.6) is 0 Å². The lowest BCUT2D eigenvalue weighted by atomic mass is 9.83. The van der Waals surface area contributed by atoms with E-state index in [1.54, 1.807) is 0 Å². The second kappa shape index (κ2) is 5.27. The molecule has 0 aromatic rings. The maximum atomic E-state index is 9.83. The molecule has 2 rings (SSSR count). The smallest absolute Gasteiger partial charge is 0.0613 e. The van der Waals surface area contributed by atoms with E-state index in [4.69, 9.17) is 0 Å². The van der Waals surface area contributed by atoms with Gasteiger partial charge in [-0.2, -0.15) is 0 Å². The van der Waals surface area contributed by atoms with Gasteiger partial charge in [0, 0.05) is 11.6 Å². The quantitative estimate of drug-likeness (QED) is 0.741. The van der Waals surface area contributed by atoms with E-state index in [2.05, 4.69) is 19.2 Å². The Morgan fingerprint density at radius 1 is 1.00 bits per heavy atom. The SMILES string of the molecule is CC1(C)CCCC(CO)(NC2CCCC2)CC1. The van der Waals surface area contributed by atoms with Crippen molar-refractivity contribution in [2.45, 2.75) is 83.2 Å². The van der Waals surface area contributed by atoms with Crippen LogP contribution in [0.2, 0.25) is 0 Å². The summed E-state index contributed by atoms with van der Waals surface area (Å²) in [7, 11) is 0. The minimum atomic E-state index is 0.0305. The van der Waals surface area contributed by atoms with Crippen molar-refractivity contribution in [2.24, 2.45) is 5.41 Å². The Morgan fingerprint density at radius 2 is 1.71 bits per heavy atom. The van der Waals surface area contributed by atoms with Gasteiger partial charge in [0.1, 0.15) is 0 Å². The number of hydrogen-bond donors (Lipinski definition) is 2. The summed E-state index contributed by atoms with van der Waals surface area (Å²) in [5, 5.41) is 13.6. The van der Waals surface area contributed by atoms with Crippen molar-refractivity contribution in [3.63, 3.8) is 0 Å². The number of aliphatic hydroxyl groups excluding tert-OH is 1. The summed E-state index contributed by atoms with van der Waals surface area (Å²) in [6.07, 6.45) is 11.5. The Kier molecular flexibility index (Phi) is 4.14. The highest BCUT2D eigenvalue weighted by molar-refractivity contribution is 4.95. The van der Waals surface area contributed by atoms with Crippen LogP contribution in [-0.2, 0) is 0 Å². The first-order chi connectivity index (χ1) is 8.05. The molecule has 2 N–H and O–H groups in total. The molecule has 0 aromatic heterocycles. The molecule has 2 nitrogen and oxygen atoms in total. The molecule has 2 heteroatoms. The van der Waals surface area contributed by atoms with Gasteiger partial charge in [-0.05, 0) is 43.9 Å². The van der Waals surface area contributed by atoms with Crippen LogP contribution in [0.3, 0.4) is 0 Å². The van der Waals surface area contributed by atoms with Crippen LogP contribution in [0.15, 0.2) is 0 Å². The van der Waals surface area contributed by atoms with Crippen LogP contribution in [0.25, 0.3) is 0 Å². The molecule has 100 valence electrons. The third-order valence-corrected chi connectivity index (χ3v) is 4.96. The van der Waals surface area contributed by atoms with Gasteiger partial charge in [0.25, 0.3) is 0 Å². The molecular weight excluding hydrogens is 210 g/mol. The fourth-order valence-corrected chi connectivity index (χ4v) is 3.58. The molecule has 0 heterocycles. The first-order valence-corrected chi connectivity index (χ1v) is 7.44. The van der Waals surface area contributed by atoms with Gasteiger partial charge in [-0.1, -0.05) is 33.1 Å². The molecule has 0 aromatic carbocycles. The number of aliphatic hydroxyl groups is 1. The molecule has 17 heavy (non-hydrogen) atoms. The number of nitrogens with one attached hydrogen (secondary N) is 1. The van der Waals surface area contributed by atoms with Crippen LogP contribution in [0.4, 0.5) is 0 Å². The molecule has 2 saturated carbocycles. The topological polar surface area (TPSA) is 32.3 Å². The standard InChI is InChI=1S/C15H29NO/c1-14(2)8-5-9-15(12-17,11-10-14)16-13-6-3-4-7-13/h13,16-17H,3-12H2,1-2H3. The zero-order chi connectivity index (χ0) is 12.4. The second-order valence-corrected chi connectivity index (χ2v) is 7.08. The molecule has 0 spiro atoms. The lowest BCUT2D eigenvalue weighted by Gasteiger charge is -2.35. The summed E-state index contributed by atoms with van der Waals surface area (Å²) in [4.78, 5) is 0. The Morgan fingerprint density at radius 3 is 2.35 bits per heavy atom. The average molecular weight is 239 g/mol. The van der Waals surface area contributed by atoms with Crippen LogP contribution < -0.4 is 5.32 Å². The van der Waals surface area contributed by atoms with Crippen molar-refractivity contribution in [1.82, 2.24) is 5.32 Å². The van der Waals surface area contributed by atoms with Crippen molar-refractivity contribution < 1.29 is 5.11 Å². The van der Waals surface area contributed by atoms with E-state index in [0.717, 1.165) is 12.8 Å². The van der Waals surface area contributed by atoms with Gasteiger partial charge in [0.05, 0.1) is 6.61 Å². The lowest BCUT2D eigenvalue weighted by Crippen LogP contribution is -2.52. The van der Waals surface area contributed by atoms with E-state index in [9.17, 15) is 5.11 Å². The summed E-state index contributed by atoms with van der Waals surface area (Å²) < 4.78 is 0.